The summed E-state index contributed by atoms with van der Waals surface area (Å²) in [6.07, 6.45) is 2.70. The van der Waals surface area contributed by atoms with Crippen molar-refractivity contribution in [1.82, 2.24) is 15.0 Å². The molecule has 0 atom stereocenters. The average molecular weight is 445 g/mol. The minimum absolute atomic E-state index is 0.278. The molecular formula is C25H24FN5O2. The summed E-state index contributed by atoms with van der Waals surface area (Å²) in [5.74, 6) is 0.930. The Bertz CT molecular complexity index is 1360. The molecule has 2 aromatic heterocycles. The smallest absolute Gasteiger partial charge is 0.250 e. The van der Waals surface area contributed by atoms with E-state index in [9.17, 15) is 9.18 Å². The zero-order valence-corrected chi connectivity index (χ0v) is 18.2. The van der Waals surface area contributed by atoms with Crippen LogP contribution >= 0.6 is 0 Å². The minimum Gasteiger partial charge on any atom is -0.477 e. The highest BCUT2D eigenvalue weighted by Gasteiger charge is 2.23. The topological polar surface area (TPSA) is 106 Å². The molecule has 4 N–H and O–H groups in total. The minimum atomic E-state index is -0.503. The second-order valence-electron chi connectivity index (χ2n) is 8.19. The number of aromatic nitrogens is 3. The number of nitrogens with one attached hydrogen (secondary N) is 2. The number of hydrogen-bond acceptors (Lipinski definition) is 5. The lowest BCUT2D eigenvalue weighted by Gasteiger charge is -2.15. The number of halogens is 1. The Morgan fingerprint density at radius 3 is 2.88 bits per heavy atom. The van der Waals surface area contributed by atoms with E-state index in [1.807, 2.05) is 19.1 Å². The molecule has 0 unspecified atom stereocenters. The number of benzene rings is 2. The van der Waals surface area contributed by atoms with Gasteiger partial charge in [0.05, 0.1) is 23.3 Å². The van der Waals surface area contributed by atoms with E-state index in [1.165, 1.54) is 12.1 Å². The van der Waals surface area contributed by atoms with Crippen molar-refractivity contribution in [3.8, 4) is 17.3 Å². The van der Waals surface area contributed by atoms with E-state index in [-0.39, 0.29) is 5.82 Å². The maximum absolute atomic E-state index is 13.6. The van der Waals surface area contributed by atoms with Gasteiger partial charge in [-0.1, -0.05) is 24.3 Å². The van der Waals surface area contributed by atoms with Crippen LogP contribution in [-0.4, -0.2) is 27.5 Å². The summed E-state index contributed by atoms with van der Waals surface area (Å²) in [4.78, 5) is 24.8. The van der Waals surface area contributed by atoms with E-state index in [0.717, 1.165) is 47.0 Å². The van der Waals surface area contributed by atoms with Crippen molar-refractivity contribution in [1.29, 1.82) is 0 Å². The number of aryl methyl sites for hydroxylation is 1. The van der Waals surface area contributed by atoms with Gasteiger partial charge in [0.1, 0.15) is 11.6 Å². The van der Waals surface area contributed by atoms with E-state index >= 15 is 0 Å². The lowest BCUT2D eigenvalue weighted by molar-refractivity contribution is 0.100. The molecule has 4 aromatic rings. The van der Waals surface area contributed by atoms with Crippen LogP contribution in [0.2, 0.25) is 0 Å². The Balaban J connectivity index is 1.62. The molecule has 8 heteroatoms. The molecule has 168 valence electrons. The van der Waals surface area contributed by atoms with Gasteiger partial charge in [-0.3, -0.25) is 4.79 Å². The second-order valence-corrected chi connectivity index (χ2v) is 8.19. The molecule has 1 aliphatic heterocycles. The number of H-pyrrole nitrogens is 1. The number of fused-ring (bicyclic) bond motifs is 2. The standard InChI is InChI=1S/C25H24FN5O2/c1-14-20(17-9-5-10-18(22(27)32)21(17)29-14)24-30-23(19-8-2-3-11-33-25(19)31-24)28-13-15-6-4-7-16(26)12-15/h4-7,9-10,12,29H,2-3,8,11,13H2,1H3,(H2,27,32)(H,28,30,31). The number of rotatable bonds is 5. The fourth-order valence-corrected chi connectivity index (χ4v) is 4.31. The van der Waals surface area contributed by atoms with Crippen molar-refractivity contribution in [2.45, 2.75) is 32.7 Å². The van der Waals surface area contributed by atoms with E-state index in [2.05, 4.69) is 10.3 Å². The van der Waals surface area contributed by atoms with Crippen LogP contribution < -0.4 is 15.8 Å². The maximum Gasteiger partial charge on any atom is 0.250 e. The Hall–Kier alpha value is -3.94. The van der Waals surface area contributed by atoms with E-state index in [1.54, 1.807) is 18.2 Å². The fraction of sp³-hybridized carbons (Fsp3) is 0.240. The van der Waals surface area contributed by atoms with Crippen molar-refractivity contribution in [3.63, 3.8) is 0 Å². The maximum atomic E-state index is 13.6. The number of ether oxygens (including phenoxy) is 1. The first-order valence-electron chi connectivity index (χ1n) is 10.9. The van der Waals surface area contributed by atoms with Gasteiger partial charge in [0.2, 0.25) is 5.88 Å². The van der Waals surface area contributed by atoms with Gasteiger partial charge in [0, 0.05) is 23.2 Å². The molecule has 0 radical (unpaired) electrons. The van der Waals surface area contributed by atoms with Gasteiger partial charge in [-0.2, -0.15) is 4.98 Å². The molecule has 5 rings (SSSR count). The number of hydrogen-bond donors (Lipinski definition) is 3. The molecule has 2 aromatic carbocycles. The third kappa shape index (κ3) is 4.00. The molecule has 0 saturated heterocycles. The number of para-hydroxylation sites is 1. The number of anilines is 1. The summed E-state index contributed by atoms with van der Waals surface area (Å²) >= 11 is 0. The van der Waals surface area contributed by atoms with Gasteiger partial charge in [0.25, 0.3) is 5.91 Å². The van der Waals surface area contributed by atoms with Gasteiger partial charge in [-0.15, -0.1) is 0 Å². The summed E-state index contributed by atoms with van der Waals surface area (Å²) in [5, 5.41) is 4.17. The van der Waals surface area contributed by atoms with Crippen LogP contribution in [-0.2, 0) is 13.0 Å². The van der Waals surface area contributed by atoms with Gasteiger partial charge in [-0.25, -0.2) is 9.37 Å². The highest BCUT2D eigenvalue weighted by atomic mass is 19.1. The summed E-state index contributed by atoms with van der Waals surface area (Å²) < 4.78 is 19.6. The molecular weight excluding hydrogens is 421 g/mol. The Morgan fingerprint density at radius 1 is 1.21 bits per heavy atom. The first-order chi connectivity index (χ1) is 16.0. The van der Waals surface area contributed by atoms with E-state index in [0.29, 0.717) is 41.8 Å². The number of carbonyl (C=O) groups is 1. The van der Waals surface area contributed by atoms with Crippen molar-refractivity contribution < 1.29 is 13.9 Å². The molecule has 7 nitrogen and oxygen atoms in total. The number of amides is 1. The zero-order chi connectivity index (χ0) is 22.9. The molecule has 0 saturated carbocycles. The first kappa shape index (κ1) is 20.9. The lowest BCUT2D eigenvalue weighted by Crippen LogP contribution is -2.11. The number of carbonyl (C=O) groups excluding carboxylic acids is 1. The van der Waals surface area contributed by atoms with Gasteiger partial charge < -0.3 is 20.8 Å². The average Bonchev–Trinajstić information content (AvgIpc) is 2.96. The molecule has 0 aliphatic carbocycles. The van der Waals surface area contributed by atoms with Crippen LogP contribution in [0.15, 0.2) is 42.5 Å². The van der Waals surface area contributed by atoms with Gasteiger partial charge >= 0.3 is 0 Å². The predicted octanol–water partition coefficient (Wildman–Crippen LogP) is 4.50. The van der Waals surface area contributed by atoms with Crippen molar-refractivity contribution in [2.24, 2.45) is 5.73 Å². The van der Waals surface area contributed by atoms with E-state index < -0.39 is 5.91 Å². The Kier molecular flexibility index (Phi) is 5.42. The molecule has 1 aliphatic rings. The highest BCUT2D eigenvalue weighted by molar-refractivity contribution is 6.09. The predicted molar refractivity (Wildman–Crippen MR) is 125 cm³/mol. The van der Waals surface area contributed by atoms with Crippen LogP contribution in [0.1, 0.15) is 40.0 Å². The normalized spacial score (nSPS) is 13.3. The van der Waals surface area contributed by atoms with Crippen molar-refractivity contribution in [2.75, 3.05) is 11.9 Å². The molecule has 33 heavy (non-hydrogen) atoms. The Morgan fingerprint density at radius 2 is 2.06 bits per heavy atom. The Labute approximate surface area is 190 Å². The third-order valence-electron chi connectivity index (χ3n) is 5.89. The SMILES string of the molecule is Cc1[nH]c2c(C(N)=O)cccc2c1-c1nc(NCc2cccc(F)c2)c2c(n1)OCCCC2. The fourth-order valence-electron chi connectivity index (χ4n) is 4.31. The monoisotopic (exact) mass is 445 g/mol. The number of primary amides is 1. The molecule has 0 fully saturated rings. The van der Waals surface area contributed by atoms with Crippen molar-refractivity contribution >= 4 is 22.6 Å². The molecule has 3 heterocycles. The zero-order valence-electron chi connectivity index (χ0n) is 18.2. The first-order valence-corrected chi connectivity index (χ1v) is 10.9. The molecule has 1 amide bonds. The molecule has 0 spiro atoms. The summed E-state index contributed by atoms with van der Waals surface area (Å²) in [6, 6.07) is 11.9. The van der Waals surface area contributed by atoms with Gasteiger partial charge in [0.15, 0.2) is 5.82 Å². The lowest BCUT2D eigenvalue weighted by atomic mass is 10.1. The quantitative estimate of drug-likeness (QED) is 0.419. The summed E-state index contributed by atoms with van der Waals surface area (Å²) in [5.41, 5.74) is 9.99. The van der Waals surface area contributed by atoms with Crippen molar-refractivity contribution in [3.05, 3.63) is 70.7 Å². The van der Waals surface area contributed by atoms with Crippen LogP contribution in [0, 0.1) is 12.7 Å². The summed E-state index contributed by atoms with van der Waals surface area (Å²) in [7, 11) is 0. The number of nitrogens with zero attached hydrogens (tertiary/aromatic N) is 2. The molecule has 0 bridgehead atoms. The highest BCUT2D eigenvalue weighted by Crippen LogP contribution is 2.36. The van der Waals surface area contributed by atoms with Crippen LogP contribution in [0.3, 0.4) is 0 Å². The number of nitrogens with two attached hydrogens (primary N) is 1. The van der Waals surface area contributed by atoms with Crippen LogP contribution in [0.4, 0.5) is 10.2 Å². The van der Waals surface area contributed by atoms with Crippen LogP contribution in [0.5, 0.6) is 5.88 Å². The van der Waals surface area contributed by atoms with Gasteiger partial charge in [-0.05, 0) is 49.9 Å². The summed E-state index contributed by atoms with van der Waals surface area (Å²) in [6.45, 7) is 2.92. The van der Waals surface area contributed by atoms with Crippen LogP contribution in [0.25, 0.3) is 22.3 Å². The van der Waals surface area contributed by atoms with E-state index in [4.69, 9.17) is 20.4 Å². The number of aromatic amines is 1. The largest absolute Gasteiger partial charge is 0.477 e. The second kappa shape index (κ2) is 8.54. The third-order valence-corrected chi connectivity index (χ3v) is 5.89.